The third-order valence-corrected chi connectivity index (χ3v) is 2.46. The molecule has 16 heavy (non-hydrogen) atoms. The van der Waals surface area contributed by atoms with Crippen LogP contribution in [0.2, 0.25) is 5.02 Å². The second-order valence-electron chi connectivity index (χ2n) is 3.21. The average molecular weight is 241 g/mol. The van der Waals surface area contributed by atoms with Crippen LogP contribution in [0, 0.1) is 11.6 Å². The molecule has 0 saturated heterocycles. The molecule has 0 aliphatic heterocycles. The maximum absolute atomic E-state index is 13.5. The van der Waals surface area contributed by atoms with Gasteiger partial charge in [-0.25, -0.2) is 8.78 Å². The molecular weight excluding hydrogens is 234 g/mol. The lowest BCUT2D eigenvalue weighted by Gasteiger charge is -2.07. The highest BCUT2D eigenvalue weighted by molar-refractivity contribution is 6.33. The fourth-order valence-corrected chi connectivity index (χ4v) is 1.53. The highest BCUT2D eigenvalue weighted by Crippen LogP contribution is 2.31. The Balaban J connectivity index is 2.63. The predicted molar refractivity (Wildman–Crippen MR) is 59.0 cm³/mol. The normalized spacial score (nSPS) is 10.4. The topological polar surface area (TPSA) is 38.9 Å². The summed E-state index contributed by atoms with van der Waals surface area (Å²) in [4.78, 5) is 3.81. The molecule has 0 saturated carbocycles. The van der Waals surface area contributed by atoms with Crippen molar-refractivity contribution in [2.45, 2.75) is 0 Å². The van der Waals surface area contributed by atoms with E-state index in [4.69, 9.17) is 17.3 Å². The Morgan fingerprint density at radius 3 is 2.56 bits per heavy atom. The molecule has 2 rings (SSSR count). The third kappa shape index (κ3) is 1.84. The van der Waals surface area contributed by atoms with Gasteiger partial charge in [-0.3, -0.25) is 4.98 Å². The van der Waals surface area contributed by atoms with Gasteiger partial charge in [-0.1, -0.05) is 11.6 Å². The molecule has 2 N–H and O–H groups in total. The van der Waals surface area contributed by atoms with Crippen LogP contribution in [-0.4, -0.2) is 4.98 Å². The van der Waals surface area contributed by atoms with Crippen LogP contribution in [0.4, 0.5) is 14.5 Å². The van der Waals surface area contributed by atoms with Gasteiger partial charge in [0.1, 0.15) is 11.6 Å². The number of nitrogens with zero attached hydrogens (tertiary/aromatic N) is 1. The van der Waals surface area contributed by atoms with Gasteiger partial charge in [0.25, 0.3) is 0 Å². The maximum Gasteiger partial charge on any atom is 0.134 e. The monoisotopic (exact) mass is 240 g/mol. The van der Waals surface area contributed by atoms with E-state index in [1.54, 1.807) is 0 Å². The fourth-order valence-electron chi connectivity index (χ4n) is 1.37. The first-order chi connectivity index (χ1) is 7.59. The zero-order chi connectivity index (χ0) is 11.7. The lowest BCUT2D eigenvalue weighted by molar-refractivity contribution is 0.585. The van der Waals surface area contributed by atoms with Crippen LogP contribution < -0.4 is 5.73 Å². The Bertz CT molecular complexity index is 544. The van der Waals surface area contributed by atoms with Crippen molar-refractivity contribution in [3.8, 4) is 11.1 Å². The largest absolute Gasteiger partial charge is 0.397 e. The summed E-state index contributed by atoms with van der Waals surface area (Å²) in [5.74, 6) is -1.34. The van der Waals surface area contributed by atoms with E-state index >= 15 is 0 Å². The van der Waals surface area contributed by atoms with Gasteiger partial charge in [-0.05, 0) is 12.1 Å². The Morgan fingerprint density at radius 2 is 1.88 bits per heavy atom. The summed E-state index contributed by atoms with van der Waals surface area (Å²) in [5.41, 5.74) is 6.44. The van der Waals surface area contributed by atoms with Crippen LogP contribution in [0.3, 0.4) is 0 Å². The number of hydrogen-bond acceptors (Lipinski definition) is 2. The molecule has 0 amide bonds. The molecule has 0 aliphatic rings. The van der Waals surface area contributed by atoms with E-state index in [1.165, 1.54) is 18.5 Å². The van der Waals surface area contributed by atoms with Crippen molar-refractivity contribution < 1.29 is 8.78 Å². The van der Waals surface area contributed by atoms with Crippen molar-refractivity contribution in [2.24, 2.45) is 0 Å². The van der Waals surface area contributed by atoms with Crippen LogP contribution in [0.1, 0.15) is 0 Å². The van der Waals surface area contributed by atoms with Gasteiger partial charge in [0.2, 0.25) is 0 Å². The van der Waals surface area contributed by atoms with E-state index in [9.17, 15) is 8.78 Å². The number of nitrogens with two attached hydrogens (primary N) is 1. The summed E-state index contributed by atoms with van der Waals surface area (Å²) < 4.78 is 26.2. The fraction of sp³-hybridized carbons (Fsp3) is 0. The molecule has 2 aromatic rings. The van der Waals surface area contributed by atoms with Crippen LogP contribution in [0.15, 0.2) is 30.6 Å². The van der Waals surface area contributed by atoms with E-state index in [1.807, 2.05) is 0 Å². The van der Waals surface area contributed by atoms with Gasteiger partial charge >= 0.3 is 0 Å². The second kappa shape index (κ2) is 4.06. The second-order valence-corrected chi connectivity index (χ2v) is 3.61. The molecule has 0 fully saturated rings. The standard InChI is InChI=1S/C11H7ClF2N2/c12-9-5-16-4-8(11(9)15)7-2-1-6(13)3-10(7)14/h1-5H,(H2,15,16). The molecule has 2 nitrogen and oxygen atoms in total. The van der Waals surface area contributed by atoms with Gasteiger partial charge in [-0.2, -0.15) is 0 Å². The van der Waals surface area contributed by atoms with E-state index in [0.717, 1.165) is 12.1 Å². The first-order valence-electron chi connectivity index (χ1n) is 4.44. The predicted octanol–water partition coefficient (Wildman–Crippen LogP) is 3.26. The molecule has 0 atom stereocenters. The number of benzene rings is 1. The van der Waals surface area contributed by atoms with Crippen molar-refractivity contribution >= 4 is 17.3 Å². The van der Waals surface area contributed by atoms with E-state index in [2.05, 4.69) is 4.98 Å². The minimum atomic E-state index is -0.698. The Kier molecular flexibility index (Phi) is 2.75. The van der Waals surface area contributed by atoms with E-state index < -0.39 is 11.6 Å². The first-order valence-corrected chi connectivity index (χ1v) is 4.82. The van der Waals surface area contributed by atoms with Crippen LogP contribution >= 0.6 is 11.6 Å². The van der Waals surface area contributed by atoms with Crippen LogP contribution in [0.25, 0.3) is 11.1 Å². The minimum Gasteiger partial charge on any atom is -0.397 e. The summed E-state index contributed by atoms with van der Waals surface area (Å²) >= 11 is 5.76. The van der Waals surface area contributed by atoms with Crippen molar-refractivity contribution in [2.75, 3.05) is 5.73 Å². The SMILES string of the molecule is Nc1c(Cl)cncc1-c1ccc(F)cc1F. The van der Waals surface area contributed by atoms with Gasteiger partial charge in [0, 0.05) is 29.6 Å². The summed E-state index contributed by atoms with van der Waals surface area (Å²) in [5, 5.41) is 0.237. The maximum atomic E-state index is 13.5. The lowest BCUT2D eigenvalue weighted by Crippen LogP contribution is -1.95. The number of nitrogen functional groups attached to an aromatic ring is 1. The Hall–Kier alpha value is -1.68. The van der Waals surface area contributed by atoms with Crippen molar-refractivity contribution in [1.29, 1.82) is 0 Å². The van der Waals surface area contributed by atoms with E-state index in [0.29, 0.717) is 5.56 Å². The van der Waals surface area contributed by atoms with Crippen LogP contribution in [-0.2, 0) is 0 Å². The molecule has 0 spiro atoms. The zero-order valence-corrected chi connectivity index (χ0v) is 8.80. The molecule has 82 valence electrons. The third-order valence-electron chi connectivity index (χ3n) is 2.16. The van der Waals surface area contributed by atoms with Gasteiger partial charge in [0.15, 0.2) is 0 Å². The van der Waals surface area contributed by atoms with Crippen molar-refractivity contribution in [3.63, 3.8) is 0 Å². The highest BCUT2D eigenvalue weighted by Gasteiger charge is 2.11. The van der Waals surface area contributed by atoms with Gasteiger partial charge in [-0.15, -0.1) is 0 Å². The minimum absolute atomic E-state index is 0.175. The molecule has 0 unspecified atom stereocenters. The van der Waals surface area contributed by atoms with Gasteiger partial charge in [0.05, 0.1) is 10.7 Å². The summed E-state index contributed by atoms with van der Waals surface area (Å²) in [6.07, 6.45) is 2.75. The summed E-state index contributed by atoms with van der Waals surface area (Å²) in [7, 11) is 0. The number of anilines is 1. The van der Waals surface area contributed by atoms with Crippen molar-refractivity contribution in [3.05, 3.63) is 47.2 Å². The van der Waals surface area contributed by atoms with Crippen molar-refractivity contribution in [1.82, 2.24) is 4.98 Å². The molecule has 5 heteroatoms. The van der Waals surface area contributed by atoms with Crippen LogP contribution in [0.5, 0.6) is 0 Å². The Labute approximate surface area is 95.7 Å². The number of rotatable bonds is 1. The highest BCUT2D eigenvalue weighted by atomic mass is 35.5. The lowest BCUT2D eigenvalue weighted by atomic mass is 10.1. The molecule has 1 heterocycles. The number of aromatic nitrogens is 1. The molecule has 1 aromatic carbocycles. The molecule has 0 radical (unpaired) electrons. The number of hydrogen-bond donors (Lipinski definition) is 1. The molecule has 1 aromatic heterocycles. The quantitative estimate of drug-likeness (QED) is 0.831. The number of halogens is 3. The zero-order valence-electron chi connectivity index (χ0n) is 8.05. The first kappa shape index (κ1) is 10.8. The average Bonchev–Trinajstić information content (AvgIpc) is 2.23. The molecule has 0 aliphatic carbocycles. The number of pyridine rings is 1. The molecule has 0 bridgehead atoms. The smallest absolute Gasteiger partial charge is 0.134 e. The molecular formula is C11H7ClF2N2. The summed E-state index contributed by atoms with van der Waals surface area (Å²) in [6.45, 7) is 0. The summed E-state index contributed by atoms with van der Waals surface area (Å²) in [6, 6.07) is 3.24. The Morgan fingerprint density at radius 1 is 1.12 bits per heavy atom. The van der Waals surface area contributed by atoms with E-state index in [-0.39, 0.29) is 16.3 Å². The van der Waals surface area contributed by atoms with Gasteiger partial charge < -0.3 is 5.73 Å².